The minimum atomic E-state index is -0.377. The molecule has 0 saturated heterocycles. The molecule has 104 valence electrons. The van der Waals surface area contributed by atoms with Crippen molar-refractivity contribution >= 4 is 11.8 Å². The summed E-state index contributed by atoms with van der Waals surface area (Å²) in [6, 6.07) is 7.50. The minimum Gasteiger partial charge on any atom is -0.496 e. The second kappa shape index (κ2) is 7.41. The van der Waals surface area contributed by atoms with Gasteiger partial charge in [0, 0.05) is 24.4 Å². The number of amides is 2. The van der Waals surface area contributed by atoms with Gasteiger partial charge in [0.25, 0.3) is 0 Å². The van der Waals surface area contributed by atoms with Crippen LogP contribution in [0.15, 0.2) is 24.3 Å². The highest BCUT2D eigenvalue weighted by atomic mass is 16.5. The van der Waals surface area contributed by atoms with E-state index in [1.807, 2.05) is 24.3 Å². The average molecular weight is 264 g/mol. The normalized spacial score (nSPS) is 11.7. The number of primary amides is 1. The van der Waals surface area contributed by atoms with Gasteiger partial charge in [-0.3, -0.25) is 9.59 Å². The Morgan fingerprint density at radius 1 is 1.37 bits per heavy atom. The van der Waals surface area contributed by atoms with Crippen molar-refractivity contribution in [3.05, 3.63) is 29.8 Å². The van der Waals surface area contributed by atoms with Crippen LogP contribution in [0.4, 0.5) is 0 Å². The summed E-state index contributed by atoms with van der Waals surface area (Å²) in [5.74, 6) is -0.0122. The van der Waals surface area contributed by atoms with Gasteiger partial charge >= 0.3 is 0 Å². The summed E-state index contributed by atoms with van der Waals surface area (Å²) in [5.41, 5.74) is 6.06. The van der Waals surface area contributed by atoms with Crippen LogP contribution in [0.3, 0.4) is 0 Å². The molecule has 0 aliphatic heterocycles. The van der Waals surface area contributed by atoms with Crippen molar-refractivity contribution in [1.29, 1.82) is 0 Å². The molecule has 1 rings (SSSR count). The SMILES string of the molecule is COc1ccccc1CNC(=O)CC[C@H](C)C(N)=O. The van der Waals surface area contributed by atoms with Crippen molar-refractivity contribution in [1.82, 2.24) is 5.32 Å². The Bertz CT molecular complexity index is 446. The van der Waals surface area contributed by atoms with Gasteiger partial charge in [-0.05, 0) is 12.5 Å². The van der Waals surface area contributed by atoms with Gasteiger partial charge in [-0.15, -0.1) is 0 Å². The summed E-state index contributed by atoms with van der Waals surface area (Å²) in [6.45, 7) is 2.13. The fourth-order valence-corrected chi connectivity index (χ4v) is 1.62. The lowest BCUT2D eigenvalue weighted by Gasteiger charge is -2.10. The van der Waals surface area contributed by atoms with Crippen molar-refractivity contribution < 1.29 is 14.3 Å². The first kappa shape index (κ1) is 15.0. The fraction of sp³-hybridized carbons (Fsp3) is 0.429. The number of rotatable bonds is 7. The summed E-state index contributed by atoms with van der Waals surface area (Å²) in [4.78, 5) is 22.5. The van der Waals surface area contributed by atoms with E-state index < -0.39 is 0 Å². The Labute approximate surface area is 113 Å². The Balaban J connectivity index is 2.40. The molecule has 0 unspecified atom stereocenters. The van der Waals surface area contributed by atoms with Crippen LogP contribution in [0, 0.1) is 5.92 Å². The highest BCUT2D eigenvalue weighted by Crippen LogP contribution is 2.16. The van der Waals surface area contributed by atoms with Gasteiger partial charge in [-0.25, -0.2) is 0 Å². The first-order valence-electron chi connectivity index (χ1n) is 6.22. The lowest BCUT2D eigenvalue weighted by atomic mass is 10.1. The molecule has 0 fully saturated rings. The topological polar surface area (TPSA) is 81.4 Å². The number of hydrogen-bond acceptors (Lipinski definition) is 3. The summed E-state index contributed by atoms with van der Waals surface area (Å²) in [7, 11) is 1.59. The molecule has 5 heteroatoms. The third-order valence-electron chi connectivity index (χ3n) is 2.96. The van der Waals surface area contributed by atoms with Crippen LogP contribution in [-0.4, -0.2) is 18.9 Å². The quantitative estimate of drug-likeness (QED) is 0.776. The van der Waals surface area contributed by atoms with Gasteiger partial charge in [0.05, 0.1) is 7.11 Å². The number of ether oxygens (including phenoxy) is 1. The van der Waals surface area contributed by atoms with Gasteiger partial charge in [-0.2, -0.15) is 0 Å². The predicted octanol–water partition coefficient (Wildman–Crippen LogP) is 1.21. The van der Waals surface area contributed by atoms with E-state index in [1.165, 1.54) is 0 Å². The van der Waals surface area contributed by atoms with Gasteiger partial charge in [-0.1, -0.05) is 25.1 Å². The molecule has 1 aromatic rings. The van der Waals surface area contributed by atoms with E-state index in [0.29, 0.717) is 19.4 Å². The zero-order valence-electron chi connectivity index (χ0n) is 11.3. The average Bonchev–Trinajstić information content (AvgIpc) is 2.42. The number of nitrogens with one attached hydrogen (secondary N) is 1. The van der Waals surface area contributed by atoms with E-state index in [4.69, 9.17) is 10.5 Å². The molecule has 3 N–H and O–H groups in total. The van der Waals surface area contributed by atoms with Crippen molar-refractivity contribution in [2.45, 2.75) is 26.3 Å². The molecule has 0 heterocycles. The fourth-order valence-electron chi connectivity index (χ4n) is 1.62. The highest BCUT2D eigenvalue weighted by Gasteiger charge is 2.11. The number of nitrogens with two attached hydrogens (primary N) is 1. The Morgan fingerprint density at radius 2 is 2.05 bits per heavy atom. The van der Waals surface area contributed by atoms with Crippen molar-refractivity contribution in [2.75, 3.05) is 7.11 Å². The summed E-state index contributed by atoms with van der Waals surface area (Å²) < 4.78 is 5.19. The van der Waals surface area contributed by atoms with E-state index in [1.54, 1.807) is 14.0 Å². The molecule has 1 atom stereocenters. The van der Waals surface area contributed by atoms with E-state index in [9.17, 15) is 9.59 Å². The largest absolute Gasteiger partial charge is 0.496 e. The lowest BCUT2D eigenvalue weighted by Crippen LogP contribution is -2.26. The molecular weight excluding hydrogens is 244 g/mol. The standard InChI is InChI=1S/C14H20N2O3/c1-10(14(15)18)7-8-13(17)16-9-11-5-3-4-6-12(11)19-2/h3-6,10H,7-9H2,1-2H3,(H2,15,18)(H,16,17)/t10-/m0/s1. The van der Waals surface area contributed by atoms with Crippen LogP contribution in [0.2, 0.25) is 0 Å². The number of methoxy groups -OCH3 is 1. The molecule has 5 nitrogen and oxygen atoms in total. The number of hydrogen-bond donors (Lipinski definition) is 2. The molecule has 1 aromatic carbocycles. The van der Waals surface area contributed by atoms with Crippen molar-refractivity contribution in [2.24, 2.45) is 11.7 Å². The van der Waals surface area contributed by atoms with Gasteiger partial charge in [0.1, 0.15) is 5.75 Å². The monoisotopic (exact) mass is 264 g/mol. The van der Waals surface area contributed by atoms with Crippen LogP contribution >= 0.6 is 0 Å². The van der Waals surface area contributed by atoms with Crippen LogP contribution in [0.1, 0.15) is 25.3 Å². The van der Waals surface area contributed by atoms with E-state index in [2.05, 4.69) is 5.32 Å². The van der Waals surface area contributed by atoms with Gasteiger partial charge in [0.15, 0.2) is 0 Å². The second-order valence-corrected chi connectivity index (χ2v) is 4.43. The van der Waals surface area contributed by atoms with E-state index >= 15 is 0 Å². The van der Waals surface area contributed by atoms with Crippen LogP contribution in [-0.2, 0) is 16.1 Å². The van der Waals surface area contributed by atoms with E-state index in [-0.39, 0.29) is 17.7 Å². The summed E-state index contributed by atoms with van der Waals surface area (Å²) >= 11 is 0. The van der Waals surface area contributed by atoms with Gasteiger partial charge in [0.2, 0.25) is 11.8 Å². The van der Waals surface area contributed by atoms with Crippen LogP contribution in [0.5, 0.6) is 5.75 Å². The van der Waals surface area contributed by atoms with Crippen LogP contribution in [0.25, 0.3) is 0 Å². The Kier molecular flexibility index (Phi) is 5.85. The van der Waals surface area contributed by atoms with Crippen LogP contribution < -0.4 is 15.8 Å². The molecule has 0 radical (unpaired) electrons. The van der Waals surface area contributed by atoms with Crippen molar-refractivity contribution in [3.8, 4) is 5.75 Å². The minimum absolute atomic E-state index is 0.0981. The summed E-state index contributed by atoms with van der Waals surface area (Å²) in [5, 5.41) is 2.80. The second-order valence-electron chi connectivity index (χ2n) is 4.43. The smallest absolute Gasteiger partial charge is 0.220 e. The number of para-hydroxylation sites is 1. The number of carbonyl (C=O) groups is 2. The number of carbonyl (C=O) groups excluding carboxylic acids is 2. The Morgan fingerprint density at radius 3 is 2.68 bits per heavy atom. The zero-order valence-corrected chi connectivity index (χ0v) is 11.3. The molecule has 2 amide bonds. The predicted molar refractivity (Wildman–Crippen MR) is 72.4 cm³/mol. The zero-order chi connectivity index (χ0) is 14.3. The maximum atomic E-state index is 11.6. The molecule has 0 bridgehead atoms. The molecule has 0 spiro atoms. The molecular formula is C14H20N2O3. The van der Waals surface area contributed by atoms with Gasteiger partial charge < -0.3 is 15.8 Å². The summed E-state index contributed by atoms with van der Waals surface area (Å²) in [6.07, 6.45) is 0.756. The Hall–Kier alpha value is -2.04. The molecule has 0 aliphatic rings. The lowest BCUT2D eigenvalue weighted by molar-refractivity contribution is -0.123. The first-order chi connectivity index (χ1) is 9.04. The molecule has 0 saturated carbocycles. The third-order valence-corrected chi connectivity index (χ3v) is 2.96. The van der Waals surface area contributed by atoms with Crippen molar-refractivity contribution in [3.63, 3.8) is 0 Å². The molecule has 0 aliphatic carbocycles. The highest BCUT2D eigenvalue weighted by molar-refractivity contribution is 5.79. The maximum absolute atomic E-state index is 11.6. The molecule has 0 aromatic heterocycles. The number of benzene rings is 1. The van der Waals surface area contributed by atoms with E-state index in [0.717, 1.165) is 11.3 Å². The maximum Gasteiger partial charge on any atom is 0.220 e. The molecule has 19 heavy (non-hydrogen) atoms. The first-order valence-corrected chi connectivity index (χ1v) is 6.22. The third kappa shape index (κ3) is 4.99.